The highest BCUT2D eigenvalue weighted by Gasteiger charge is 2.40. The Morgan fingerprint density at radius 2 is 1.14 bits per heavy atom. The van der Waals surface area contributed by atoms with E-state index in [1.165, 1.54) is 57.8 Å². The molecule has 0 aromatic carbocycles. The molecule has 0 rings (SSSR count). The maximum atomic E-state index is 13.2. The molecule has 7 heteroatoms. The molecule has 0 spiro atoms. The van der Waals surface area contributed by atoms with E-state index in [0.29, 0.717) is 6.42 Å². The predicted octanol–water partition coefficient (Wildman–Crippen LogP) is 9.07. The number of carbonyl (C=O) groups is 1. The monoisotopic (exact) mass is 531 g/mol. The first-order chi connectivity index (χ1) is 16.6. The van der Waals surface area contributed by atoms with Gasteiger partial charge < -0.3 is 5.73 Å². The third kappa shape index (κ3) is 20.5. The highest BCUT2D eigenvalue weighted by molar-refractivity contribution is 7.48. The summed E-state index contributed by atoms with van der Waals surface area (Å²) in [6.45, 7) is 14.3. The molecule has 0 amide bonds. The number of unbranched alkanes of at least 4 members (excludes halogenated alkanes) is 11. The van der Waals surface area contributed by atoms with Crippen molar-refractivity contribution < 1.29 is 22.9 Å². The van der Waals surface area contributed by atoms with Crippen LogP contribution in [0.4, 0.5) is 0 Å². The van der Waals surface area contributed by atoms with Crippen LogP contribution in [0.1, 0.15) is 145 Å². The number of phosphoric ester groups is 1. The molecule has 0 aromatic heterocycles. The summed E-state index contributed by atoms with van der Waals surface area (Å²) in [5.41, 5.74) is 3.52. The minimum atomic E-state index is -3.90. The minimum Gasteiger partial charge on any atom is -0.317 e. The zero-order valence-electron chi connectivity index (χ0n) is 24.8. The molecule has 36 heavy (non-hydrogen) atoms. The van der Waals surface area contributed by atoms with Gasteiger partial charge in [-0.1, -0.05) is 70.4 Å². The Morgan fingerprint density at radius 1 is 0.722 bits per heavy atom. The van der Waals surface area contributed by atoms with Crippen molar-refractivity contribution in [1.82, 2.24) is 0 Å². The van der Waals surface area contributed by atoms with E-state index in [9.17, 15) is 9.36 Å². The fourth-order valence-corrected chi connectivity index (χ4v) is 5.59. The molecule has 0 aliphatic carbocycles. The summed E-state index contributed by atoms with van der Waals surface area (Å²) in [7, 11) is -3.90. The van der Waals surface area contributed by atoms with E-state index in [-0.39, 0.29) is 12.4 Å². The second-order valence-electron chi connectivity index (χ2n) is 12.3. The van der Waals surface area contributed by atoms with Gasteiger partial charge in [-0.3, -0.25) is 18.4 Å². The Morgan fingerprint density at radius 3 is 1.58 bits per heavy atom. The lowest BCUT2D eigenvalue weighted by Gasteiger charge is -2.33. The van der Waals surface area contributed by atoms with Gasteiger partial charge in [-0.2, -0.15) is 0 Å². The van der Waals surface area contributed by atoms with Gasteiger partial charge in [0.15, 0.2) is 5.78 Å². The van der Waals surface area contributed by atoms with E-state index >= 15 is 0 Å². The van der Waals surface area contributed by atoms with Crippen molar-refractivity contribution in [2.24, 2.45) is 5.73 Å². The van der Waals surface area contributed by atoms with E-state index in [4.69, 9.17) is 19.3 Å². The SMILES string of the molecule is CCCCCCCC/C=C\CCCCCCCC(=O)C(C)(N)COP(=O)(OC(C)(C)C)OC(C)(C)C. The van der Waals surface area contributed by atoms with Gasteiger partial charge in [0.05, 0.1) is 23.3 Å². The van der Waals surface area contributed by atoms with Crippen LogP contribution < -0.4 is 5.73 Å². The molecule has 0 radical (unpaired) electrons. The number of phosphoric acid groups is 1. The summed E-state index contributed by atoms with van der Waals surface area (Å²) in [5, 5.41) is 0. The maximum Gasteiger partial charge on any atom is 0.475 e. The average molecular weight is 532 g/mol. The largest absolute Gasteiger partial charge is 0.475 e. The number of ketones is 1. The Labute approximate surface area is 223 Å². The Balaban J connectivity index is 4.15. The summed E-state index contributed by atoms with van der Waals surface area (Å²) in [6, 6.07) is 0. The predicted molar refractivity (Wildman–Crippen MR) is 152 cm³/mol. The minimum absolute atomic E-state index is 0.0989. The topological polar surface area (TPSA) is 87.9 Å². The summed E-state index contributed by atoms with van der Waals surface area (Å²) in [4.78, 5) is 12.7. The lowest BCUT2D eigenvalue weighted by Crippen LogP contribution is -2.49. The van der Waals surface area contributed by atoms with Gasteiger partial charge in [-0.25, -0.2) is 4.57 Å². The molecule has 0 aliphatic rings. The van der Waals surface area contributed by atoms with Crippen molar-refractivity contribution >= 4 is 13.6 Å². The van der Waals surface area contributed by atoms with E-state index in [2.05, 4.69) is 19.1 Å². The quantitative estimate of drug-likeness (QED) is 0.0903. The lowest BCUT2D eigenvalue weighted by molar-refractivity contribution is -0.125. The molecule has 0 heterocycles. The highest BCUT2D eigenvalue weighted by atomic mass is 31.2. The molecule has 0 aromatic rings. The molecule has 0 fully saturated rings. The standard InChI is InChI=1S/C29H58NO5P/c1-9-10-11-12-13-14-15-16-17-18-19-20-21-22-23-24-26(31)29(8,30)25-33-36(32,34-27(2,3)4)35-28(5,6)7/h16-17H,9-15,18-25,30H2,1-8H3/b17-16-. The van der Waals surface area contributed by atoms with Gasteiger partial charge in [0.25, 0.3) is 0 Å². The maximum absolute atomic E-state index is 13.2. The number of Topliss-reactive ketones (excluding diaryl/α,β-unsaturated/α-hetero) is 1. The van der Waals surface area contributed by atoms with Gasteiger partial charge in [-0.05, 0) is 80.6 Å². The fourth-order valence-electron chi connectivity index (χ4n) is 3.68. The molecule has 1 unspecified atom stereocenters. The van der Waals surface area contributed by atoms with Crippen LogP contribution in [0.15, 0.2) is 12.2 Å². The first-order valence-electron chi connectivity index (χ1n) is 14.2. The number of hydrogen-bond donors (Lipinski definition) is 1. The molecule has 1 atom stereocenters. The number of allylic oxidation sites excluding steroid dienone is 2. The normalized spacial score (nSPS) is 14.9. The number of hydrogen-bond acceptors (Lipinski definition) is 6. The summed E-state index contributed by atoms with van der Waals surface area (Å²) < 4.78 is 30.0. The van der Waals surface area contributed by atoms with Gasteiger partial charge in [-0.15, -0.1) is 0 Å². The van der Waals surface area contributed by atoms with E-state index in [1.54, 1.807) is 48.5 Å². The third-order valence-corrected chi connectivity index (χ3v) is 7.58. The van der Waals surface area contributed by atoms with Gasteiger partial charge in [0.1, 0.15) is 0 Å². The molecule has 0 saturated carbocycles. The summed E-state index contributed by atoms with van der Waals surface area (Å²) in [5.74, 6) is -0.0989. The molecule has 2 N–H and O–H groups in total. The molecule has 0 saturated heterocycles. The van der Waals surface area contributed by atoms with E-state index in [1.807, 2.05) is 0 Å². The Bertz CT molecular complexity index is 642. The van der Waals surface area contributed by atoms with Crippen LogP contribution in [-0.2, 0) is 22.9 Å². The summed E-state index contributed by atoms with van der Waals surface area (Å²) >= 11 is 0. The number of carbonyl (C=O) groups excluding carboxylic acids is 1. The fraction of sp³-hybridized carbons (Fsp3) is 0.897. The second-order valence-corrected chi connectivity index (χ2v) is 13.8. The summed E-state index contributed by atoms with van der Waals surface area (Å²) in [6.07, 6.45) is 20.8. The molecule has 214 valence electrons. The Hall–Kier alpha value is -0.520. The van der Waals surface area contributed by atoms with Crippen molar-refractivity contribution in [2.45, 2.75) is 162 Å². The molecular formula is C29H58NO5P. The average Bonchev–Trinajstić information content (AvgIpc) is 2.72. The van der Waals surface area contributed by atoms with Crippen molar-refractivity contribution in [3.8, 4) is 0 Å². The molecule has 6 nitrogen and oxygen atoms in total. The Kier molecular flexibility index (Phi) is 17.6. The first kappa shape index (κ1) is 35.5. The second kappa shape index (κ2) is 17.9. The van der Waals surface area contributed by atoms with Crippen molar-refractivity contribution in [3.63, 3.8) is 0 Å². The van der Waals surface area contributed by atoms with Gasteiger partial charge in [0, 0.05) is 6.42 Å². The number of rotatable bonds is 21. The zero-order chi connectivity index (χ0) is 27.7. The number of nitrogens with two attached hydrogens (primary N) is 1. The van der Waals surface area contributed by atoms with Crippen LogP contribution in [0.5, 0.6) is 0 Å². The zero-order valence-corrected chi connectivity index (χ0v) is 25.7. The highest BCUT2D eigenvalue weighted by Crippen LogP contribution is 2.55. The van der Waals surface area contributed by atoms with Crippen molar-refractivity contribution in [2.75, 3.05) is 6.61 Å². The first-order valence-corrected chi connectivity index (χ1v) is 15.7. The van der Waals surface area contributed by atoms with Crippen LogP contribution in [0.25, 0.3) is 0 Å². The van der Waals surface area contributed by atoms with Crippen LogP contribution in [0, 0.1) is 0 Å². The van der Waals surface area contributed by atoms with E-state index < -0.39 is 24.6 Å². The third-order valence-electron chi connectivity index (χ3n) is 5.60. The molecular weight excluding hydrogens is 473 g/mol. The molecule has 0 bridgehead atoms. The van der Waals surface area contributed by atoms with Crippen LogP contribution in [0.2, 0.25) is 0 Å². The molecule has 0 aliphatic heterocycles. The smallest absolute Gasteiger partial charge is 0.317 e. The van der Waals surface area contributed by atoms with Gasteiger partial charge >= 0.3 is 7.82 Å². The van der Waals surface area contributed by atoms with Crippen LogP contribution in [0.3, 0.4) is 0 Å². The van der Waals surface area contributed by atoms with Crippen molar-refractivity contribution in [3.05, 3.63) is 12.2 Å². The van der Waals surface area contributed by atoms with Crippen LogP contribution >= 0.6 is 7.82 Å². The van der Waals surface area contributed by atoms with Gasteiger partial charge in [0.2, 0.25) is 0 Å². The van der Waals surface area contributed by atoms with Crippen LogP contribution in [-0.4, -0.2) is 29.1 Å². The van der Waals surface area contributed by atoms with Crippen molar-refractivity contribution in [1.29, 1.82) is 0 Å². The van der Waals surface area contributed by atoms with E-state index in [0.717, 1.165) is 25.7 Å². The lowest BCUT2D eigenvalue weighted by atomic mass is 9.94.